The van der Waals surface area contributed by atoms with Gasteiger partial charge in [0.1, 0.15) is 5.15 Å². The lowest BCUT2D eigenvalue weighted by Crippen LogP contribution is -2.10. The second-order valence-electron chi connectivity index (χ2n) is 2.64. The van der Waals surface area contributed by atoms with Crippen molar-refractivity contribution in [2.45, 2.75) is 12.5 Å². The van der Waals surface area contributed by atoms with Gasteiger partial charge in [0, 0.05) is 12.2 Å². The molecule has 2 nitrogen and oxygen atoms in total. The minimum absolute atomic E-state index is 0.0765. The van der Waals surface area contributed by atoms with E-state index in [1.54, 1.807) is 12.3 Å². The molecule has 1 rings (SSSR count). The van der Waals surface area contributed by atoms with Crippen LogP contribution in [0.4, 0.5) is 0 Å². The normalized spacial score (nSPS) is 12.5. The summed E-state index contributed by atoms with van der Waals surface area (Å²) < 4.78 is 0.769. The van der Waals surface area contributed by atoms with E-state index in [9.17, 15) is 0 Å². The third-order valence-electron chi connectivity index (χ3n) is 1.70. The number of halogens is 2. The van der Waals surface area contributed by atoms with Crippen molar-refractivity contribution in [3.05, 3.63) is 40.1 Å². The smallest absolute Gasteiger partial charge is 0.143 e. The van der Waals surface area contributed by atoms with Gasteiger partial charge in [0.2, 0.25) is 0 Å². The number of aromatic nitrogens is 1. The van der Waals surface area contributed by atoms with E-state index >= 15 is 0 Å². The average molecular weight is 262 g/mol. The van der Waals surface area contributed by atoms with Gasteiger partial charge in [-0.3, -0.25) is 0 Å². The number of hydrogen-bond donors (Lipinski definition) is 1. The molecule has 1 atom stereocenters. The fourth-order valence-corrected chi connectivity index (χ4v) is 1.72. The van der Waals surface area contributed by atoms with Crippen LogP contribution >= 0.6 is 27.5 Å². The Balaban J connectivity index is 3.00. The van der Waals surface area contributed by atoms with Crippen LogP contribution in [-0.4, -0.2) is 4.98 Å². The predicted octanol–water partition coefficient (Wildman–Crippen LogP) is 3.07. The summed E-state index contributed by atoms with van der Waals surface area (Å²) in [5.74, 6) is 0. The van der Waals surface area contributed by atoms with Crippen LogP contribution in [0.25, 0.3) is 0 Å². The molecule has 0 spiro atoms. The molecule has 0 fully saturated rings. The summed E-state index contributed by atoms with van der Waals surface area (Å²) in [7, 11) is 0. The molecule has 2 N–H and O–H groups in total. The molecule has 0 amide bonds. The van der Waals surface area contributed by atoms with Crippen molar-refractivity contribution in [2.75, 3.05) is 0 Å². The van der Waals surface area contributed by atoms with Gasteiger partial charge < -0.3 is 5.73 Å². The monoisotopic (exact) mass is 260 g/mol. The van der Waals surface area contributed by atoms with E-state index in [-0.39, 0.29) is 6.04 Å². The van der Waals surface area contributed by atoms with Gasteiger partial charge in [-0.1, -0.05) is 17.7 Å². The molecule has 1 aromatic rings. The quantitative estimate of drug-likeness (QED) is 0.671. The summed E-state index contributed by atoms with van der Waals surface area (Å²) in [6.45, 7) is 3.63. The molecule has 0 saturated carbocycles. The first-order valence-corrected chi connectivity index (χ1v) is 5.00. The Labute approximate surface area is 90.9 Å². The topological polar surface area (TPSA) is 38.9 Å². The van der Waals surface area contributed by atoms with E-state index < -0.39 is 0 Å². The molecule has 0 aromatic carbocycles. The van der Waals surface area contributed by atoms with Crippen LogP contribution in [0, 0.1) is 0 Å². The van der Waals surface area contributed by atoms with Crippen LogP contribution in [0.5, 0.6) is 0 Å². The van der Waals surface area contributed by atoms with Gasteiger partial charge in [0.25, 0.3) is 0 Å². The lowest BCUT2D eigenvalue weighted by molar-refractivity contribution is 0.736. The van der Waals surface area contributed by atoms with E-state index in [4.69, 9.17) is 17.3 Å². The molecule has 1 heterocycles. The molecule has 4 heteroatoms. The minimum Gasteiger partial charge on any atom is -0.324 e. The second-order valence-corrected chi connectivity index (χ2v) is 3.79. The first kappa shape index (κ1) is 10.7. The Kier molecular flexibility index (Phi) is 3.90. The first-order chi connectivity index (χ1) is 6.16. The lowest BCUT2D eigenvalue weighted by atomic mass is 10.1. The number of nitrogens with two attached hydrogens (primary N) is 1. The molecule has 0 aliphatic rings. The summed E-state index contributed by atoms with van der Waals surface area (Å²) >= 11 is 9.16. The van der Waals surface area contributed by atoms with Crippen molar-refractivity contribution in [3.8, 4) is 0 Å². The molecule has 0 aliphatic heterocycles. The zero-order chi connectivity index (χ0) is 9.84. The maximum Gasteiger partial charge on any atom is 0.143 e. The molecule has 1 aromatic heterocycles. The number of nitrogens with zero attached hydrogens (tertiary/aromatic N) is 1. The largest absolute Gasteiger partial charge is 0.324 e. The van der Waals surface area contributed by atoms with Crippen molar-refractivity contribution in [1.29, 1.82) is 0 Å². The Morgan fingerprint density at radius 2 is 2.46 bits per heavy atom. The maximum absolute atomic E-state index is 5.89. The van der Waals surface area contributed by atoms with E-state index in [1.165, 1.54) is 0 Å². The highest BCUT2D eigenvalue weighted by Crippen LogP contribution is 2.28. The van der Waals surface area contributed by atoms with E-state index in [2.05, 4.69) is 27.5 Å². The van der Waals surface area contributed by atoms with E-state index in [0.29, 0.717) is 5.15 Å². The number of hydrogen-bond acceptors (Lipinski definition) is 2. The Morgan fingerprint density at radius 1 is 1.77 bits per heavy atom. The Morgan fingerprint density at radius 3 is 3.08 bits per heavy atom. The van der Waals surface area contributed by atoms with Gasteiger partial charge in [-0.15, -0.1) is 6.58 Å². The number of rotatable bonds is 3. The fraction of sp³-hybridized carbons (Fsp3) is 0.222. The van der Waals surface area contributed by atoms with E-state index in [0.717, 1.165) is 16.5 Å². The first-order valence-electron chi connectivity index (χ1n) is 3.83. The molecule has 0 radical (unpaired) electrons. The van der Waals surface area contributed by atoms with Gasteiger partial charge in [-0.2, -0.15) is 0 Å². The molecule has 13 heavy (non-hydrogen) atoms. The van der Waals surface area contributed by atoms with Crippen molar-refractivity contribution >= 4 is 27.5 Å². The van der Waals surface area contributed by atoms with Crippen LogP contribution < -0.4 is 5.73 Å². The Bertz CT molecular complexity index is 314. The fourth-order valence-electron chi connectivity index (χ4n) is 1.02. The van der Waals surface area contributed by atoms with Gasteiger partial charge in [-0.25, -0.2) is 4.98 Å². The third-order valence-corrected chi connectivity index (χ3v) is 3.04. The average Bonchev–Trinajstić information content (AvgIpc) is 2.10. The van der Waals surface area contributed by atoms with Gasteiger partial charge >= 0.3 is 0 Å². The second kappa shape index (κ2) is 4.74. The highest BCUT2D eigenvalue weighted by atomic mass is 79.9. The van der Waals surface area contributed by atoms with Gasteiger partial charge in [0.05, 0.1) is 4.47 Å². The summed E-state index contributed by atoms with van der Waals surface area (Å²) in [5, 5.41) is 0.442. The SMILES string of the molecule is C=CC[C@@H](N)c1ccnc(Cl)c1Br. The van der Waals surface area contributed by atoms with Crippen LogP contribution in [0.2, 0.25) is 5.15 Å². The van der Waals surface area contributed by atoms with Gasteiger partial charge in [0.15, 0.2) is 0 Å². The number of pyridine rings is 1. The van der Waals surface area contributed by atoms with Crippen molar-refractivity contribution < 1.29 is 0 Å². The standard InChI is InChI=1S/C9H10BrClN2/c1-2-3-7(12)6-4-5-13-9(11)8(6)10/h2,4-5,7H,1,3,12H2/t7-/m1/s1. The van der Waals surface area contributed by atoms with E-state index in [1.807, 2.05) is 6.07 Å². The highest BCUT2D eigenvalue weighted by molar-refractivity contribution is 9.10. The summed E-state index contributed by atoms with van der Waals surface area (Å²) in [6.07, 6.45) is 4.15. The predicted molar refractivity (Wildman–Crippen MR) is 58.7 cm³/mol. The maximum atomic E-state index is 5.89. The minimum atomic E-state index is -0.0765. The molecule has 70 valence electrons. The van der Waals surface area contributed by atoms with Crippen LogP contribution in [0.15, 0.2) is 29.4 Å². The van der Waals surface area contributed by atoms with Gasteiger partial charge in [-0.05, 0) is 34.0 Å². The molecular weight excluding hydrogens is 251 g/mol. The third kappa shape index (κ3) is 2.53. The van der Waals surface area contributed by atoms with Crippen LogP contribution in [-0.2, 0) is 0 Å². The van der Waals surface area contributed by atoms with Crippen molar-refractivity contribution in [2.24, 2.45) is 5.73 Å². The van der Waals surface area contributed by atoms with Crippen LogP contribution in [0.3, 0.4) is 0 Å². The highest BCUT2D eigenvalue weighted by Gasteiger charge is 2.10. The molecular formula is C9H10BrClN2. The molecule has 0 aliphatic carbocycles. The summed E-state index contributed by atoms with van der Waals surface area (Å²) in [5.41, 5.74) is 6.85. The molecule has 0 unspecified atom stereocenters. The summed E-state index contributed by atoms with van der Waals surface area (Å²) in [4.78, 5) is 3.92. The molecule has 0 bridgehead atoms. The van der Waals surface area contributed by atoms with Crippen molar-refractivity contribution in [1.82, 2.24) is 4.98 Å². The zero-order valence-electron chi connectivity index (χ0n) is 7.00. The van der Waals surface area contributed by atoms with Crippen LogP contribution in [0.1, 0.15) is 18.0 Å². The zero-order valence-corrected chi connectivity index (χ0v) is 9.35. The lowest BCUT2D eigenvalue weighted by Gasteiger charge is -2.11. The summed E-state index contributed by atoms with van der Waals surface area (Å²) in [6, 6.07) is 1.77. The molecule has 0 saturated heterocycles. The van der Waals surface area contributed by atoms with Crippen molar-refractivity contribution in [3.63, 3.8) is 0 Å². The Hall–Kier alpha value is -0.380.